The van der Waals surface area contributed by atoms with E-state index < -0.39 is 0 Å². The molecule has 3 nitrogen and oxygen atoms in total. The lowest BCUT2D eigenvalue weighted by atomic mass is 9.51. The summed E-state index contributed by atoms with van der Waals surface area (Å²) in [6.07, 6.45) is 9.07. The summed E-state index contributed by atoms with van der Waals surface area (Å²) in [5.41, 5.74) is 6.02. The zero-order chi connectivity index (χ0) is 14.6. The van der Waals surface area contributed by atoms with E-state index in [1.807, 2.05) is 0 Å². The Morgan fingerprint density at radius 1 is 1.00 bits per heavy atom. The van der Waals surface area contributed by atoms with Crippen LogP contribution in [0.1, 0.15) is 51.9 Å². The van der Waals surface area contributed by atoms with Gasteiger partial charge in [-0.05, 0) is 81.5 Å². The number of hydrogen-bond donors (Lipinski definition) is 1. The molecule has 0 radical (unpaired) electrons. The van der Waals surface area contributed by atoms with E-state index in [0.717, 1.165) is 49.6 Å². The monoisotopic (exact) mass is 290 g/mol. The number of rotatable bonds is 2. The summed E-state index contributed by atoms with van der Waals surface area (Å²) in [5, 5.41) is 0. The van der Waals surface area contributed by atoms with Crippen molar-refractivity contribution in [3.05, 3.63) is 0 Å². The molecule has 21 heavy (non-hydrogen) atoms. The molecule has 5 fully saturated rings. The van der Waals surface area contributed by atoms with E-state index in [1.54, 1.807) is 0 Å². The van der Waals surface area contributed by atoms with Gasteiger partial charge < -0.3 is 10.6 Å². The van der Waals surface area contributed by atoms with Gasteiger partial charge in [-0.3, -0.25) is 4.79 Å². The van der Waals surface area contributed by atoms with Gasteiger partial charge in [-0.1, -0.05) is 0 Å². The van der Waals surface area contributed by atoms with Gasteiger partial charge >= 0.3 is 0 Å². The van der Waals surface area contributed by atoms with E-state index in [0.29, 0.717) is 17.7 Å². The Hall–Kier alpha value is -0.570. The van der Waals surface area contributed by atoms with Crippen molar-refractivity contribution in [3.8, 4) is 0 Å². The van der Waals surface area contributed by atoms with Crippen LogP contribution in [0.15, 0.2) is 0 Å². The van der Waals surface area contributed by atoms with Crippen LogP contribution < -0.4 is 5.73 Å². The molecule has 0 aromatic rings. The van der Waals surface area contributed by atoms with Crippen LogP contribution in [0.3, 0.4) is 0 Å². The molecule has 5 aliphatic rings. The van der Waals surface area contributed by atoms with Gasteiger partial charge in [0.05, 0.1) is 0 Å². The fourth-order valence-electron chi connectivity index (χ4n) is 6.18. The van der Waals surface area contributed by atoms with E-state index in [9.17, 15) is 4.79 Å². The first-order chi connectivity index (χ1) is 10.1. The van der Waals surface area contributed by atoms with Crippen LogP contribution in [0.4, 0.5) is 0 Å². The van der Waals surface area contributed by atoms with Crippen LogP contribution in [0.25, 0.3) is 0 Å². The van der Waals surface area contributed by atoms with E-state index in [4.69, 9.17) is 5.73 Å². The molecule has 0 spiro atoms. The van der Waals surface area contributed by atoms with E-state index in [-0.39, 0.29) is 6.04 Å². The molecule has 1 amide bonds. The third-order valence-corrected chi connectivity index (χ3v) is 7.11. The minimum absolute atomic E-state index is 0.281. The molecule has 4 aliphatic carbocycles. The number of carbonyl (C=O) groups is 1. The Morgan fingerprint density at radius 3 is 2.00 bits per heavy atom. The molecule has 1 heterocycles. The largest absolute Gasteiger partial charge is 0.342 e. The number of amides is 1. The Morgan fingerprint density at radius 2 is 1.52 bits per heavy atom. The van der Waals surface area contributed by atoms with E-state index >= 15 is 0 Å². The van der Waals surface area contributed by atoms with Crippen LogP contribution >= 0.6 is 0 Å². The van der Waals surface area contributed by atoms with Crippen LogP contribution in [-0.2, 0) is 4.79 Å². The Balaban J connectivity index is 1.42. The van der Waals surface area contributed by atoms with Crippen LogP contribution in [0, 0.1) is 35.5 Å². The molecule has 4 saturated carbocycles. The zero-order valence-electron chi connectivity index (χ0n) is 13.3. The second kappa shape index (κ2) is 5.26. The van der Waals surface area contributed by atoms with Crippen molar-refractivity contribution in [2.45, 2.75) is 57.9 Å². The fourth-order valence-corrected chi connectivity index (χ4v) is 6.18. The molecule has 0 aromatic carbocycles. The highest BCUT2D eigenvalue weighted by Gasteiger charge is 2.51. The second-order valence-corrected chi connectivity index (χ2v) is 8.48. The summed E-state index contributed by atoms with van der Waals surface area (Å²) in [6, 6.07) is 0.281. The summed E-state index contributed by atoms with van der Waals surface area (Å²) in [6.45, 7) is 4.02. The molecule has 118 valence electrons. The summed E-state index contributed by atoms with van der Waals surface area (Å²) < 4.78 is 0. The Kier molecular flexibility index (Phi) is 3.52. The number of nitrogens with zero attached hydrogens (tertiary/aromatic N) is 1. The molecule has 1 unspecified atom stereocenters. The topological polar surface area (TPSA) is 46.3 Å². The van der Waals surface area contributed by atoms with Gasteiger partial charge in [0.1, 0.15) is 0 Å². The lowest BCUT2D eigenvalue weighted by molar-refractivity contribution is -0.150. The highest BCUT2D eigenvalue weighted by atomic mass is 16.2. The predicted octanol–water partition coefficient (Wildman–Crippen LogP) is 2.64. The van der Waals surface area contributed by atoms with Gasteiger partial charge in [-0.2, -0.15) is 0 Å². The number of nitrogens with two attached hydrogens (primary N) is 1. The first-order valence-electron chi connectivity index (χ1n) is 9.16. The lowest BCUT2D eigenvalue weighted by Gasteiger charge is -2.54. The molecule has 1 aliphatic heterocycles. The molecule has 0 aromatic heterocycles. The Labute approximate surface area is 128 Å². The van der Waals surface area contributed by atoms with Crippen LogP contribution in [-0.4, -0.2) is 29.9 Å². The predicted molar refractivity (Wildman–Crippen MR) is 83.5 cm³/mol. The smallest absolute Gasteiger partial charge is 0.226 e. The highest BCUT2D eigenvalue weighted by Crippen LogP contribution is 2.56. The van der Waals surface area contributed by atoms with Gasteiger partial charge in [-0.15, -0.1) is 0 Å². The van der Waals surface area contributed by atoms with Gasteiger partial charge in [0.2, 0.25) is 5.91 Å². The van der Waals surface area contributed by atoms with Crippen LogP contribution in [0.2, 0.25) is 0 Å². The van der Waals surface area contributed by atoms with Crippen molar-refractivity contribution < 1.29 is 4.79 Å². The van der Waals surface area contributed by atoms with Crippen molar-refractivity contribution in [3.63, 3.8) is 0 Å². The number of carbonyl (C=O) groups excluding carboxylic acids is 1. The van der Waals surface area contributed by atoms with Crippen molar-refractivity contribution in [1.29, 1.82) is 0 Å². The van der Waals surface area contributed by atoms with Gasteiger partial charge in [0.25, 0.3) is 0 Å². The fraction of sp³-hybridized carbons (Fsp3) is 0.944. The molecule has 4 bridgehead atoms. The van der Waals surface area contributed by atoms with E-state index in [1.165, 1.54) is 32.1 Å². The summed E-state index contributed by atoms with van der Waals surface area (Å²) in [5.74, 6) is 4.87. The molecule has 1 saturated heterocycles. The van der Waals surface area contributed by atoms with Crippen molar-refractivity contribution in [2.24, 2.45) is 41.2 Å². The number of hydrogen-bond acceptors (Lipinski definition) is 2. The first-order valence-corrected chi connectivity index (χ1v) is 9.16. The number of piperidine rings is 1. The molecular weight excluding hydrogens is 260 g/mol. The summed E-state index contributed by atoms with van der Waals surface area (Å²) in [4.78, 5) is 15.2. The quantitative estimate of drug-likeness (QED) is 0.850. The minimum atomic E-state index is 0.281. The van der Waals surface area contributed by atoms with Crippen LogP contribution in [0.5, 0.6) is 0 Å². The highest BCUT2D eigenvalue weighted by molar-refractivity contribution is 5.80. The average Bonchev–Trinajstić information content (AvgIpc) is 2.46. The molecule has 5 rings (SSSR count). The standard InChI is InChI=1S/C18H30N2O/c1-11(19)14-2-4-20(5-3-14)18(21)17-15-7-12-6-13(9-15)10-16(17)8-12/h11-17H,2-10,19H2,1H3. The number of likely N-dealkylation sites (tertiary alicyclic amines) is 1. The maximum absolute atomic E-state index is 13.1. The SMILES string of the molecule is CC(N)C1CCN(C(=O)C2C3CC4CC(C3)CC2C4)CC1. The van der Waals surface area contributed by atoms with Crippen molar-refractivity contribution in [1.82, 2.24) is 4.90 Å². The zero-order valence-corrected chi connectivity index (χ0v) is 13.3. The van der Waals surface area contributed by atoms with E-state index in [2.05, 4.69) is 11.8 Å². The second-order valence-electron chi connectivity index (χ2n) is 8.48. The van der Waals surface area contributed by atoms with Gasteiger partial charge in [0, 0.05) is 25.0 Å². The minimum Gasteiger partial charge on any atom is -0.342 e. The molecular formula is C18H30N2O. The molecule has 1 atom stereocenters. The molecule has 3 heteroatoms. The first kappa shape index (κ1) is 14.0. The summed E-state index contributed by atoms with van der Waals surface area (Å²) >= 11 is 0. The maximum atomic E-state index is 13.1. The van der Waals surface area contributed by atoms with Crippen molar-refractivity contribution in [2.75, 3.05) is 13.1 Å². The van der Waals surface area contributed by atoms with Gasteiger partial charge in [-0.25, -0.2) is 0 Å². The Bertz CT molecular complexity index is 383. The molecule has 2 N–H and O–H groups in total. The maximum Gasteiger partial charge on any atom is 0.226 e. The average molecular weight is 290 g/mol. The normalized spacial score (nSPS) is 44.1. The summed E-state index contributed by atoms with van der Waals surface area (Å²) in [7, 11) is 0. The third kappa shape index (κ3) is 2.42. The third-order valence-electron chi connectivity index (χ3n) is 7.11. The van der Waals surface area contributed by atoms with Crippen molar-refractivity contribution >= 4 is 5.91 Å². The van der Waals surface area contributed by atoms with Gasteiger partial charge in [0.15, 0.2) is 0 Å². The lowest BCUT2D eigenvalue weighted by Crippen LogP contribution is -2.53.